The Morgan fingerprint density at radius 2 is 2.50 bits per heavy atom. The van der Waals surface area contributed by atoms with Crippen LogP contribution in [0.1, 0.15) is 19.8 Å². The molecule has 0 amide bonds. The van der Waals surface area contributed by atoms with Crippen molar-refractivity contribution < 1.29 is 0 Å². The molecule has 1 rings (SSSR count). The van der Waals surface area contributed by atoms with Gasteiger partial charge in [0.15, 0.2) is 0 Å². The van der Waals surface area contributed by atoms with Crippen molar-refractivity contribution >= 4 is 0 Å². The van der Waals surface area contributed by atoms with E-state index in [0.29, 0.717) is 6.04 Å². The van der Waals surface area contributed by atoms with Gasteiger partial charge >= 0.3 is 0 Å². The average Bonchev–Trinajstić information content (AvgIpc) is 1.84. The third-order valence-corrected chi connectivity index (χ3v) is 1.76. The van der Waals surface area contributed by atoms with Crippen LogP contribution in [-0.4, -0.2) is 19.6 Å². The van der Waals surface area contributed by atoms with Gasteiger partial charge in [-0.05, 0) is 13.5 Å². The molecule has 0 bridgehead atoms. The van der Waals surface area contributed by atoms with E-state index in [9.17, 15) is 0 Å². The molecule has 1 unspecified atom stereocenters. The van der Waals surface area contributed by atoms with Gasteiger partial charge in [-0.15, -0.1) is 0 Å². The molecule has 1 saturated heterocycles. The van der Waals surface area contributed by atoms with Crippen LogP contribution in [0.4, 0.5) is 0 Å². The molecule has 2 nitrogen and oxygen atoms in total. The van der Waals surface area contributed by atoms with E-state index in [-0.39, 0.29) is 0 Å². The number of allylic oxidation sites excluding steroid dienone is 1. The number of nitrogens with one attached hydrogen (secondary N) is 2. The molecule has 0 saturated carbocycles. The third kappa shape index (κ3) is 1.74. The molecule has 10 heavy (non-hydrogen) atoms. The summed E-state index contributed by atoms with van der Waals surface area (Å²) in [5.74, 6) is 0. The lowest BCUT2D eigenvalue weighted by Crippen LogP contribution is -2.46. The van der Waals surface area contributed by atoms with Gasteiger partial charge in [0.25, 0.3) is 0 Å². The van der Waals surface area contributed by atoms with Crippen molar-refractivity contribution in [3.63, 3.8) is 0 Å². The maximum Gasteiger partial charge on any atom is 0.0437 e. The maximum atomic E-state index is 3.38. The summed E-state index contributed by atoms with van der Waals surface area (Å²) < 4.78 is 0. The molecule has 0 radical (unpaired) electrons. The van der Waals surface area contributed by atoms with Crippen LogP contribution >= 0.6 is 0 Å². The van der Waals surface area contributed by atoms with Crippen LogP contribution in [0.5, 0.6) is 0 Å². The summed E-state index contributed by atoms with van der Waals surface area (Å²) in [7, 11) is 1.99. The molecular weight excluding hydrogens is 124 g/mol. The Balaban J connectivity index is 2.11. The van der Waals surface area contributed by atoms with E-state index in [1.54, 1.807) is 0 Å². The molecule has 0 aromatic heterocycles. The van der Waals surface area contributed by atoms with Gasteiger partial charge in [0.05, 0.1) is 0 Å². The van der Waals surface area contributed by atoms with Crippen molar-refractivity contribution in [3.8, 4) is 0 Å². The molecule has 1 fully saturated rings. The summed E-state index contributed by atoms with van der Waals surface area (Å²) in [6.07, 6.45) is 4.63. The Hall–Kier alpha value is -0.500. The van der Waals surface area contributed by atoms with Crippen LogP contribution < -0.4 is 10.6 Å². The highest BCUT2D eigenvalue weighted by Gasteiger charge is 2.19. The van der Waals surface area contributed by atoms with Gasteiger partial charge in [-0.3, -0.25) is 0 Å². The summed E-state index contributed by atoms with van der Waals surface area (Å²) in [5, 5.41) is 6.52. The highest BCUT2D eigenvalue weighted by molar-refractivity contribution is 5.12. The number of rotatable bonds is 3. The lowest BCUT2D eigenvalue weighted by molar-refractivity contribution is 0.429. The zero-order chi connectivity index (χ0) is 7.40. The average molecular weight is 140 g/mol. The lowest BCUT2D eigenvalue weighted by atomic mass is 10.0. The standard InChI is InChI=1S/C8H16N2/c1-3-4-7-5-8(10-7)6-9-2/h4,8-10H,3,5-6H2,1-2H3/b7-4+. The number of hydrogen-bond acceptors (Lipinski definition) is 2. The van der Waals surface area contributed by atoms with Crippen LogP contribution in [-0.2, 0) is 0 Å². The zero-order valence-corrected chi connectivity index (χ0v) is 6.78. The molecule has 0 aromatic carbocycles. The minimum Gasteiger partial charge on any atom is -0.384 e. The summed E-state index contributed by atoms with van der Waals surface area (Å²) in [6, 6.07) is 0.683. The molecule has 1 aliphatic heterocycles. The van der Waals surface area contributed by atoms with E-state index >= 15 is 0 Å². The fraction of sp³-hybridized carbons (Fsp3) is 0.750. The first-order valence-corrected chi connectivity index (χ1v) is 3.97. The van der Waals surface area contributed by atoms with Crippen LogP contribution in [0, 0.1) is 0 Å². The molecule has 58 valence electrons. The van der Waals surface area contributed by atoms with Crippen LogP contribution in [0.3, 0.4) is 0 Å². The highest BCUT2D eigenvalue weighted by atomic mass is 15.0. The third-order valence-electron chi connectivity index (χ3n) is 1.76. The molecule has 2 N–H and O–H groups in total. The summed E-state index contributed by atoms with van der Waals surface area (Å²) in [4.78, 5) is 0. The number of likely N-dealkylation sites (N-methyl/N-ethyl adjacent to an activating group) is 1. The van der Waals surface area contributed by atoms with Crippen molar-refractivity contribution in [1.29, 1.82) is 0 Å². The SMILES string of the molecule is CC/C=C1\CC(CNC)N1. The molecule has 2 heteroatoms. The Bertz CT molecular complexity index is 121. The molecule has 1 atom stereocenters. The predicted molar refractivity (Wildman–Crippen MR) is 43.8 cm³/mol. The van der Waals surface area contributed by atoms with Crippen LogP contribution in [0.2, 0.25) is 0 Å². The summed E-state index contributed by atoms with van der Waals surface area (Å²) in [5.41, 5.74) is 1.42. The van der Waals surface area contributed by atoms with Gasteiger partial charge < -0.3 is 10.6 Å². The van der Waals surface area contributed by atoms with E-state index in [4.69, 9.17) is 0 Å². The first kappa shape index (κ1) is 7.61. The molecular formula is C8H16N2. The normalized spacial score (nSPS) is 27.8. The topological polar surface area (TPSA) is 24.1 Å². The Kier molecular flexibility index (Phi) is 2.75. The minimum absolute atomic E-state index is 0.683. The van der Waals surface area contributed by atoms with Gasteiger partial charge in [0.1, 0.15) is 0 Å². The lowest BCUT2D eigenvalue weighted by Gasteiger charge is -2.32. The monoisotopic (exact) mass is 140 g/mol. The summed E-state index contributed by atoms with van der Waals surface area (Å²) >= 11 is 0. The van der Waals surface area contributed by atoms with E-state index in [1.165, 1.54) is 12.1 Å². The van der Waals surface area contributed by atoms with E-state index in [2.05, 4.69) is 23.6 Å². The fourth-order valence-electron chi connectivity index (χ4n) is 1.26. The van der Waals surface area contributed by atoms with Crippen molar-refractivity contribution in [3.05, 3.63) is 11.8 Å². The first-order chi connectivity index (χ1) is 4.86. The quantitative estimate of drug-likeness (QED) is 0.607. The minimum atomic E-state index is 0.683. The Morgan fingerprint density at radius 3 is 3.00 bits per heavy atom. The van der Waals surface area contributed by atoms with E-state index < -0.39 is 0 Å². The fourth-order valence-corrected chi connectivity index (χ4v) is 1.26. The van der Waals surface area contributed by atoms with Gasteiger partial charge in [-0.25, -0.2) is 0 Å². The first-order valence-electron chi connectivity index (χ1n) is 3.97. The largest absolute Gasteiger partial charge is 0.384 e. The molecule has 1 aliphatic rings. The Labute approximate surface area is 62.7 Å². The Morgan fingerprint density at radius 1 is 1.80 bits per heavy atom. The van der Waals surface area contributed by atoms with Crippen molar-refractivity contribution in [2.45, 2.75) is 25.8 Å². The summed E-state index contributed by atoms with van der Waals surface area (Å²) in [6.45, 7) is 3.25. The predicted octanol–water partition coefficient (Wildman–Crippen LogP) is 0.862. The van der Waals surface area contributed by atoms with Crippen LogP contribution in [0.25, 0.3) is 0 Å². The second kappa shape index (κ2) is 3.62. The molecule has 0 spiro atoms. The smallest absolute Gasteiger partial charge is 0.0437 e. The number of hydrogen-bond donors (Lipinski definition) is 2. The van der Waals surface area contributed by atoms with Gasteiger partial charge in [-0.2, -0.15) is 0 Å². The maximum absolute atomic E-state index is 3.38. The van der Waals surface area contributed by atoms with Crippen molar-refractivity contribution in [2.24, 2.45) is 0 Å². The van der Waals surface area contributed by atoms with E-state index in [0.717, 1.165) is 13.0 Å². The van der Waals surface area contributed by atoms with Crippen molar-refractivity contribution in [1.82, 2.24) is 10.6 Å². The van der Waals surface area contributed by atoms with E-state index in [1.807, 2.05) is 7.05 Å². The van der Waals surface area contributed by atoms with Gasteiger partial charge in [0.2, 0.25) is 0 Å². The van der Waals surface area contributed by atoms with Gasteiger partial charge in [-0.1, -0.05) is 13.0 Å². The zero-order valence-electron chi connectivity index (χ0n) is 6.78. The highest BCUT2D eigenvalue weighted by Crippen LogP contribution is 2.14. The van der Waals surface area contributed by atoms with Crippen LogP contribution in [0.15, 0.2) is 11.8 Å². The van der Waals surface area contributed by atoms with Crippen molar-refractivity contribution in [2.75, 3.05) is 13.6 Å². The molecule has 1 heterocycles. The second-order valence-electron chi connectivity index (χ2n) is 2.74. The van der Waals surface area contributed by atoms with Gasteiger partial charge in [0, 0.05) is 24.7 Å². The molecule has 0 aliphatic carbocycles. The second-order valence-corrected chi connectivity index (χ2v) is 2.74. The molecule has 0 aromatic rings.